The number of benzene rings is 1. The third-order valence-electron chi connectivity index (χ3n) is 5.08. The number of rotatable bonds is 7. The van der Waals surface area contributed by atoms with Gasteiger partial charge in [0.15, 0.2) is 5.82 Å². The van der Waals surface area contributed by atoms with E-state index in [9.17, 15) is 9.59 Å². The average Bonchev–Trinajstić information content (AvgIpc) is 3.30. The Morgan fingerprint density at radius 3 is 2.53 bits per heavy atom. The molecule has 32 heavy (non-hydrogen) atoms. The molecule has 162 valence electrons. The molecule has 0 bridgehead atoms. The summed E-state index contributed by atoms with van der Waals surface area (Å²) in [7, 11) is 0. The number of nitrogens with zero attached hydrogens (tertiary/aromatic N) is 3. The van der Waals surface area contributed by atoms with Gasteiger partial charge < -0.3 is 10.3 Å². The predicted molar refractivity (Wildman–Crippen MR) is 121 cm³/mol. The maximum atomic E-state index is 12.9. The van der Waals surface area contributed by atoms with Crippen LogP contribution in [0.5, 0.6) is 0 Å². The van der Waals surface area contributed by atoms with Crippen molar-refractivity contribution < 1.29 is 4.79 Å². The van der Waals surface area contributed by atoms with Crippen molar-refractivity contribution in [3.05, 3.63) is 99.9 Å². The molecule has 3 N–H and O–H groups in total. The van der Waals surface area contributed by atoms with E-state index in [0.717, 1.165) is 11.3 Å². The van der Waals surface area contributed by atoms with E-state index in [1.54, 1.807) is 24.4 Å². The van der Waals surface area contributed by atoms with Gasteiger partial charge in [-0.3, -0.25) is 19.7 Å². The Labute approximate surface area is 185 Å². The van der Waals surface area contributed by atoms with E-state index in [1.807, 2.05) is 50.2 Å². The molecule has 0 saturated carbocycles. The summed E-state index contributed by atoms with van der Waals surface area (Å²) in [5.41, 5.74) is 2.97. The molecule has 1 unspecified atom stereocenters. The highest BCUT2D eigenvalue weighted by Crippen LogP contribution is 2.20. The van der Waals surface area contributed by atoms with E-state index < -0.39 is 6.04 Å². The van der Waals surface area contributed by atoms with Gasteiger partial charge in [0.25, 0.3) is 11.5 Å². The molecule has 4 aromatic rings. The molecular formula is C24H24N6O2. The summed E-state index contributed by atoms with van der Waals surface area (Å²) < 4.78 is 0. The summed E-state index contributed by atoms with van der Waals surface area (Å²) in [4.78, 5) is 36.8. The molecule has 0 saturated heterocycles. The lowest BCUT2D eigenvalue weighted by molar-refractivity contribution is 0.0931. The topological polar surface area (TPSA) is 116 Å². The van der Waals surface area contributed by atoms with Crippen LogP contribution in [-0.2, 0) is 6.42 Å². The number of hydrogen-bond donors (Lipinski definition) is 3. The van der Waals surface area contributed by atoms with Crippen molar-refractivity contribution in [1.29, 1.82) is 0 Å². The lowest BCUT2D eigenvalue weighted by Crippen LogP contribution is -2.31. The van der Waals surface area contributed by atoms with Crippen LogP contribution in [0.3, 0.4) is 0 Å². The minimum atomic E-state index is -0.395. The van der Waals surface area contributed by atoms with Gasteiger partial charge in [0, 0.05) is 24.4 Å². The van der Waals surface area contributed by atoms with Crippen LogP contribution in [0.1, 0.15) is 53.2 Å². The van der Waals surface area contributed by atoms with Gasteiger partial charge >= 0.3 is 0 Å². The summed E-state index contributed by atoms with van der Waals surface area (Å²) in [6.45, 7) is 4.06. The molecule has 0 fully saturated rings. The van der Waals surface area contributed by atoms with E-state index in [1.165, 1.54) is 6.07 Å². The van der Waals surface area contributed by atoms with Gasteiger partial charge in [0.05, 0.1) is 11.7 Å². The largest absolute Gasteiger partial charge is 0.343 e. The quantitative estimate of drug-likeness (QED) is 0.417. The van der Waals surface area contributed by atoms with E-state index >= 15 is 0 Å². The third kappa shape index (κ3) is 4.97. The van der Waals surface area contributed by atoms with Crippen LogP contribution in [0.4, 0.5) is 0 Å². The molecule has 8 heteroatoms. The molecule has 0 spiro atoms. The van der Waals surface area contributed by atoms with E-state index in [0.29, 0.717) is 29.3 Å². The number of carbonyl (C=O) groups excluding carboxylic acids is 1. The fraction of sp³-hybridized carbons (Fsp3) is 0.208. The first-order valence-electron chi connectivity index (χ1n) is 10.4. The average molecular weight is 428 g/mol. The molecule has 0 aliphatic rings. The van der Waals surface area contributed by atoms with Crippen LogP contribution in [0.25, 0.3) is 11.5 Å². The second kappa shape index (κ2) is 9.38. The Hall–Kier alpha value is -4.07. The highest BCUT2D eigenvalue weighted by molar-refractivity contribution is 5.92. The lowest BCUT2D eigenvalue weighted by Gasteiger charge is -2.18. The molecule has 1 amide bonds. The maximum Gasteiger partial charge on any atom is 0.272 e. The highest BCUT2D eigenvalue weighted by Gasteiger charge is 2.20. The zero-order valence-electron chi connectivity index (χ0n) is 17.9. The Kier molecular flexibility index (Phi) is 6.21. The van der Waals surface area contributed by atoms with Gasteiger partial charge in [-0.2, -0.15) is 5.10 Å². The summed E-state index contributed by atoms with van der Waals surface area (Å²) in [6.07, 6.45) is 1.98. The van der Waals surface area contributed by atoms with Crippen molar-refractivity contribution in [2.75, 3.05) is 0 Å². The maximum absolute atomic E-state index is 12.9. The standard InChI is InChI=1S/C24H24N6O2/c1-15(2)19-14-21(30-29-19)24(32)27-20(16-8-4-3-5-9-16)12-17-13-22(31)28-23(26-17)18-10-6-7-11-25-18/h3-11,13-15,20H,12H2,1-2H3,(H,27,32)(H,29,30)(H,26,28,31). The van der Waals surface area contributed by atoms with E-state index in [2.05, 4.69) is 30.5 Å². The number of aromatic nitrogens is 5. The van der Waals surface area contributed by atoms with Crippen LogP contribution in [-0.4, -0.2) is 31.1 Å². The Bertz CT molecular complexity index is 1250. The third-order valence-corrected chi connectivity index (χ3v) is 5.08. The van der Waals surface area contributed by atoms with Crippen LogP contribution >= 0.6 is 0 Å². The van der Waals surface area contributed by atoms with Gasteiger partial charge in [-0.15, -0.1) is 0 Å². The van der Waals surface area contributed by atoms with Crippen molar-refractivity contribution in [1.82, 2.24) is 30.5 Å². The van der Waals surface area contributed by atoms with Crippen molar-refractivity contribution in [2.45, 2.75) is 32.2 Å². The molecule has 8 nitrogen and oxygen atoms in total. The van der Waals surface area contributed by atoms with Gasteiger partial charge in [0.2, 0.25) is 0 Å². The second-order valence-corrected chi connectivity index (χ2v) is 7.80. The number of amides is 1. The summed E-state index contributed by atoms with van der Waals surface area (Å²) in [6, 6.07) is 17.8. The molecule has 0 aliphatic heterocycles. The minimum Gasteiger partial charge on any atom is -0.343 e. The van der Waals surface area contributed by atoms with Gasteiger partial charge in [-0.05, 0) is 29.7 Å². The molecule has 3 aromatic heterocycles. The van der Waals surface area contributed by atoms with Crippen molar-refractivity contribution >= 4 is 5.91 Å². The number of nitrogens with one attached hydrogen (secondary N) is 3. The zero-order chi connectivity index (χ0) is 22.5. The van der Waals surface area contributed by atoms with Crippen molar-refractivity contribution in [2.24, 2.45) is 0 Å². The van der Waals surface area contributed by atoms with Crippen molar-refractivity contribution in [3.63, 3.8) is 0 Å². The normalized spacial score (nSPS) is 12.0. The van der Waals surface area contributed by atoms with Crippen LogP contribution < -0.4 is 10.9 Å². The molecule has 1 atom stereocenters. The van der Waals surface area contributed by atoms with Crippen molar-refractivity contribution in [3.8, 4) is 11.5 Å². The first-order chi connectivity index (χ1) is 15.5. The number of hydrogen-bond acceptors (Lipinski definition) is 5. The minimum absolute atomic E-state index is 0.235. The Morgan fingerprint density at radius 2 is 1.84 bits per heavy atom. The molecule has 0 radical (unpaired) electrons. The van der Waals surface area contributed by atoms with E-state index in [-0.39, 0.29) is 17.4 Å². The van der Waals surface area contributed by atoms with E-state index in [4.69, 9.17) is 0 Å². The molecule has 1 aromatic carbocycles. The first kappa shape index (κ1) is 21.2. The van der Waals surface area contributed by atoms with Gasteiger partial charge in [0.1, 0.15) is 11.4 Å². The fourth-order valence-electron chi connectivity index (χ4n) is 3.36. The Morgan fingerprint density at radius 1 is 1.06 bits per heavy atom. The summed E-state index contributed by atoms with van der Waals surface area (Å²) >= 11 is 0. The number of pyridine rings is 1. The van der Waals surface area contributed by atoms with Crippen LogP contribution in [0, 0.1) is 0 Å². The number of carbonyl (C=O) groups is 1. The lowest BCUT2D eigenvalue weighted by atomic mass is 10.0. The predicted octanol–water partition coefficient (Wildman–Crippen LogP) is 3.39. The second-order valence-electron chi connectivity index (χ2n) is 7.80. The molecule has 0 aliphatic carbocycles. The van der Waals surface area contributed by atoms with Gasteiger partial charge in [-0.25, -0.2) is 4.98 Å². The Balaban J connectivity index is 1.62. The van der Waals surface area contributed by atoms with Crippen LogP contribution in [0.2, 0.25) is 0 Å². The monoisotopic (exact) mass is 428 g/mol. The zero-order valence-corrected chi connectivity index (χ0v) is 17.9. The smallest absolute Gasteiger partial charge is 0.272 e. The van der Waals surface area contributed by atoms with Gasteiger partial charge in [-0.1, -0.05) is 50.2 Å². The molecule has 4 rings (SSSR count). The SMILES string of the molecule is CC(C)c1cc(C(=O)NC(Cc2cc(=O)[nH]c(-c3ccccn3)n2)c2ccccc2)n[nH]1. The van der Waals surface area contributed by atoms with Crippen LogP contribution in [0.15, 0.2) is 71.7 Å². The number of H-pyrrole nitrogens is 2. The highest BCUT2D eigenvalue weighted by atomic mass is 16.2. The molecule has 3 heterocycles. The number of aromatic amines is 2. The molecular weight excluding hydrogens is 404 g/mol. The summed E-state index contributed by atoms with van der Waals surface area (Å²) in [5, 5.41) is 10.1. The summed E-state index contributed by atoms with van der Waals surface area (Å²) in [5.74, 6) is 0.330. The first-order valence-corrected chi connectivity index (χ1v) is 10.4. The fourth-order valence-corrected chi connectivity index (χ4v) is 3.36.